The second-order valence-electron chi connectivity index (χ2n) is 3.88. The first-order chi connectivity index (χ1) is 8.63. The first kappa shape index (κ1) is 12.3. The first-order valence-electron chi connectivity index (χ1n) is 5.26. The van der Waals surface area contributed by atoms with E-state index in [4.69, 9.17) is 0 Å². The molecular weight excluding hydrogens is 335 g/mol. The molecule has 0 amide bonds. The van der Waals surface area contributed by atoms with Gasteiger partial charge in [-0.25, -0.2) is 4.39 Å². The highest BCUT2D eigenvalue weighted by molar-refractivity contribution is 9.11. The van der Waals surface area contributed by atoms with Crippen LogP contribution in [0.25, 0.3) is 10.1 Å². The van der Waals surface area contributed by atoms with E-state index in [2.05, 4.69) is 15.9 Å². The fourth-order valence-corrected chi connectivity index (χ4v) is 4.37. The molecule has 1 atom stereocenters. The largest absolute Gasteiger partial charge is 0.382 e. The Morgan fingerprint density at radius 2 is 1.89 bits per heavy atom. The molecule has 0 aliphatic heterocycles. The number of fused-ring (bicyclic) bond motifs is 1. The van der Waals surface area contributed by atoms with E-state index in [0.29, 0.717) is 0 Å². The summed E-state index contributed by atoms with van der Waals surface area (Å²) >= 11 is 6.31. The van der Waals surface area contributed by atoms with Crippen molar-refractivity contribution in [2.24, 2.45) is 0 Å². The van der Waals surface area contributed by atoms with Crippen molar-refractivity contribution in [3.63, 3.8) is 0 Å². The number of hydrogen-bond acceptors (Lipinski definition) is 3. The van der Waals surface area contributed by atoms with Crippen molar-refractivity contribution in [3.8, 4) is 0 Å². The second kappa shape index (κ2) is 4.74. The van der Waals surface area contributed by atoms with E-state index in [0.717, 1.165) is 23.6 Å². The van der Waals surface area contributed by atoms with Crippen LogP contribution in [0, 0.1) is 5.82 Å². The van der Waals surface area contributed by atoms with Crippen LogP contribution < -0.4 is 0 Å². The Morgan fingerprint density at radius 1 is 1.06 bits per heavy atom. The third kappa shape index (κ3) is 2.23. The summed E-state index contributed by atoms with van der Waals surface area (Å²) in [5.41, 5.74) is 0. The number of aliphatic hydroxyl groups is 1. The molecule has 1 unspecified atom stereocenters. The highest BCUT2D eigenvalue weighted by Gasteiger charge is 2.15. The highest BCUT2D eigenvalue weighted by Crippen LogP contribution is 2.36. The molecule has 18 heavy (non-hydrogen) atoms. The molecule has 1 nitrogen and oxygen atoms in total. The van der Waals surface area contributed by atoms with Crippen LogP contribution in [-0.4, -0.2) is 5.11 Å². The molecule has 1 aromatic carbocycles. The molecule has 0 bridgehead atoms. The fourth-order valence-electron chi connectivity index (χ4n) is 1.78. The molecule has 2 aromatic heterocycles. The predicted molar refractivity (Wildman–Crippen MR) is 77.9 cm³/mol. The van der Waals surface area contributed by atoms with Crippen LogP contribution in [0.1, 0.15) is 15.9 Å². The molecule has 0 spiro atoms. The van der Waals surface area contributed by atoms with Gasteiger partial charge in [0.25, 0.3) is 0 Å². The third-order valence-electron chi connectivity index (χ3n) is 2.63. The van der Waals surface area contributed by atoms with Gasteiger partial charge in [-0.1, -0.05) is 6.07 Å². The number of benzene rings is 1. The molecule has 3 aromatic rings. The van der Waals surface area contributed by atoms with Crippen molar-refractivity contribution in [2.75, 3.05) is 0 Å². The number of thiophene rings is 2. The van der Waals surface area contributed by atoms with E-state index in [1.54, 1.807) is 6.07 Å². The van der Waals surface area contributed by atoms with E-state index >= 15 is 0 Å². The van der Waals surface area contributed by atoms with Gasteiger partial charge in [-0.15, -0.1) is 22.7 Å². The number of hydrogen-bond donors (Lipinski definition) is 1. The summed E-state index contributed by atoms with van der Waals surface area (Å²) in [6, 6.07) is 10.4. The Bertz CT molecular complexity index is 704. The predicted octanol–water partition coefficient (Wildman–Crippen LogP) is 4.95. The van der Waals surface area contributed by atoms with Crippen molar-refractivity contribution in [2.45, 2.75) is 6.10 Å². The highest BCUT2D eigenvalue weighted by atomic mass is 79.9. The number of halogens is 2. The van der Waals surface area contributed by atoms with Crippen molar-refractivity contribution in [1.82, 2.24) is 0 Å². The molecule has 1 N–H and O–H groups in total. The van der Waals surface area contributed by atoms with Gasteiger partial charge in [0.2, 0.25) is 0 Å². The Labute approximate surface area is 120 Å². The average molecular weight is 343 g/mol. The SMILES string of the molecule is OC(c1ccc(Br)s1)c1cc2ccc(F)cc2s1. The quantitative estimate of drug-likeness (QED) is 0.698. The maximum atomic E-state index is 13.1. The van der Waals surface area contributed by atoms with Crippen LogP contribution in [0.5, 0.6) is 0 Å². The summed E-state index contributed by atoms with van der Waals surface area (Å²) in [6.07, 6.45) is -0.637. The summed E-state index contributed by atoms with van der Waals surface area (Å²) < 4.78 is 15.0. The minimum atomic E-state index is -0.637. The van der Waals surface area contributed by atoms with E-state index in [1.165, 1.54) is 34.8 Å². The van der Waals surface area contributed by atoms with Gasteiger partial charge >= 0.3 is 0 Å². The van der Waals surface area contributed by atoms with Gasteiger partial charge in [-0.3, -0.25) is 0 Å². The maximum absolute atomic E-state index is 13.1. The molecule has 0 saturated carbocycles. The lowest BCUT2D eigenvalue weighted by molar-refractivity contribution is 0.228. The average Bonchev–Trinajstić information content (AvgIpc) is 2.93. The minimum absolute atomic E-state index is 0.246. The molecule has 3 rings (SSSR count). The second-order valence-corrected chi connectivity index (χ2v) is 7.49. The molecule has 92 valence electrons. The van der Waals surface area contributed by atoms with E-state index < -0.39 is 6.10 Å². The Balaban J connectivity index is 2.03. The van der Waals surface area contributed by atoms with Gasteiger partial charge in [-0.05, 0) is 51.6 Å². The van der Waals surface area contributed by atoms with Crippen LogP contribution in [-0.2, 0) is 0 Å². The van der Waals surface area contributed by atoms with E-state index in [9.17, 15) is 9.50 Å². The van der Waals surface area contributed by atoms with Gasteiger partial charge in [0.1, 0.15) is 11.9 Å². The fraction of sp³-hybridized carbons (Fsp3) is 0.0769. The van der Waals surface area contributed by atoms with Crippen molar-refractivity contribution in [1.29, 1.82) is 0 Å². The summed E-state index contributed by atoms with van der Waals surface area (Å²) in [5, 5.41) is 11.2. The van der Waals surface area contributed by atoms with Gasteiger partial charge in [0, 0.05) is 14.5 Å². The Kier molecular flexibility index (Phi) is 3.23. The molecule has 0 aliphatic carbocycles. The van der Waals surface area contributed by atoms with Gasteiger partial charge in [0.15, 0.2) is 0 Å². The molecular formula is C13H8BrFOS2. The van der Waals surface area contributed by atoms with Crippen LogP contribution in [0.3, 0.4) is 0 Å². The van der Waals surface area contributed by atoms with Crippen molar-refractivity contribution < 1.29 is 9.50 Å². The number of rotatable bonds is 2. The molecule has 0 saturated heterocycles. The standard InChI is InChI=1S/C13H8BrFOS2/c14-12-4-3-9(18-12)13(16)11-5-7-1-2-8(15)6-10(7)17-11/h1-6,13,16H. The lowest BCUT2D eigenvalue weighted by Gasteiger charge is -2.04. The zero-order valence-electron chi connectivity index (χ0n) is 9.06. The monoisotopic (exact) mass is 342 g/mol. The summed E-state index contributed by atoms with van der Waals surface area (Å²) in [4.78, 5) is 1.72. The molecule has 5 heteroatoms. The smallest absolute Gasteiger partial charge is 0.124 e. The number of aliphatic hydroxyl groups excluding tert-OH is 1. The Hall–Kier alpha value is -0.750. The Morgan fingerprint density at radius 3 is 2.61 bits per heavy atom. The van der Waals surface area contributed by atoms with Crippen LogP contribution in [0.4, 0.5) is 4.39 Å². The van der Waals surface area contributed by atoms with Crippen LogP contribution >= 0.6 is 38.6 Å². The lowest BCUT2D eigenvalue weighted by Crippen LogP contribution is -1.92. The van der Waals surface area contributed by atoms with Gasteiger partial charge in [0.05, 0.1) is 3.79 Å². The molecule has 0 fully saturated rings. The summed E-state index contributed by atoms with van der Waals surface area (Å²) in [6.45, 7) is 0. The topological polar surface area (TPSA) is 20.2 Å². The maximum Gasteiger partial charge on any atom is 0.124 e. The van der Waals surface area contributed by atoms with Gasteiger partial charge in [-0.2, -0.15) is 0 Å². The summed E-state index contributed by atoms with van der Waals surface area (Å²) in [5.74, 6) is -0.246. The normalized spacial score (nSPS) is 13.1. The zero-order chi connectivity index (χ0) is 12.7. The van der Waals surface area contributed by atoms with Crippen LogP contribution in [0.15, 0.2) is 40.2 Å². The van der Waals surface area contributed by atoms with Gasteiger partial charge < -0.3 is 5.11 Å². The van der Waals surface area contributed by atoms with Crippen LogP contribution in [0.2, 0.25) is 0 Å². The van der Waals surface area contributed by atoms with Crippen molar-refractivity contribution in [3.05, 3.63) is 55.8 Å². The lowest BCUT2D eigenvalue weighted by atomic mass is 10.2. The molecule has 2 heterocycles. The minimum Gasteiger partial charge on any atom is -0.382 e. The third-order valence-corrected chi connectivity index (χ3v) is 5.46. The summed E-state index contributed by atoms with van der Waals surface area (Å²) in [7, 11) is 0. The zero-order valence-corrected chi connectivity index (χ0v) is 12.3. The molecule has 0 aliphatic rings. The van der Waals surface area contributed by atoms with E-state index in [1.807, 2.05) is 18.2 Å². The van der Waals surface area contributed by atoms with Crippen molar-refractivity contribution >= 4 is 48.7 Å². The first-order valence-corrected chi connectivity index (χ1v) is 7.68. The molecule has 0 radical (unpaired) electrons. The van der Waals surface area contributed by atoms with E-state index in [-0.39, 0.29) is 5.82 Å².